The molecule has 0 aliphatic carbocycles. The predicted molar refractivity (Wildman–Crippen MR) is 114 cm³/mol. The van der Waals surface area contributed by atoms with E-state index in [4.69, 9.17) is 16.0 Å². The SMILES string of the molecule is O=C(Nc1ccc(Cl)c([N+](=O)[O-])c1)c1ccc(-c2cc3ccccc3oc2=O)cc1. The zero-order valence-corrected chi connectivity index (χ0v) is 16.1. The molecule has 0 saturated heterocycles. The van der Waals surface area contributed by atoms with Crippen LogP contribution in [0.1, 0.15) is 10.4 Å². The molecule has 4 rings (SSSR count). The Balaban J connectivity index is 1.59. The number of fused-ring (bicyclic) bond motifs is 1. The summed E-state index contributed by atoms with van der Waals surface area (Å²) in [7, 11) is 0. The summed E-state index contributed by atoms with van der Waals surface area (Å²) in [6.45, 7) is 0. The van der Waals surface area contributed by atoms with Crippen molar-refractivity contribution in [3.63, 3.8) is 0 Å². The summed E-state index contributed by atoms with van der Waals surface area (Å²) in [6, 6.07) is 19.3. The van der Waals surface area contributed by atoms with Crippen molar-refractivity contribution in [2.75, 3.05) is 5.32 Å². The first-order valence-corrected chi connectivity index (χ1v) is 9.19. The van der Waals surface area contributed by atoms with Gasteiger partial charge in [0.15, 0.2) is 0 Å². The van der Waals surface area contributed by atoms with E-state index < -0.39 is 16.5 Å². The number of carbonyl (C=O) groups excluding carboxylic acids is 1. The Morgan fingerprint density at radius 3 is 2.47 bits per heavy atom. The number of nitrogens with zero attached hydrogens (tertiary/aromatic N) is 1. The van der Waals surface area contributed by atoms with Gasteiger partial charge < -0.3 is 9.73 Å². The van der Waals surface area contributed by atoms with Crippen molar-refractivity contribution in [2.24, 2.45) is 0 Å². The van der Waals surface area contributed by atoms with Crippen molar-refractivity contribution >= 4 is 39.9 Å². The molecular weight excluding hydrogens is 408 g/mol. The van der Waals surface area contributed by atoms with Crippen LogP contribution >= 0.6 is 11.6 Å². The monoisotopic (exact) mass is 420 g/mol. The molecule has 0 spiro atoms. The minimum atomic E-state index is -0.623. The van der Waals surface area contributed by atoms with Crippen molar-refractivity contribution in [3.05, 3.63) is 104 Å². The number of benzene rings is 3. The minimum absolute atomic E-state index is 0.0171. The van der Waals surface area contributed by atoms with Gasteiger partial charge in [0.1, 0.15) is 10.6 Å². The van der Waals surface area contributed by atoms with E-state index in [2.05, 4.69) is 5.32 Å². The number of rotatable bonds is 4. The number of halogens is 1. The highest BCUT2D eigenvalue weighted by atomic mass is 35.5. The van der Waals surface area contributed by atoms with E-state index in [-0.39, 0.29) is 16.4 Å². The van der Waals surface area contributed by atoms with Gasteiger partial charge in [0.05, 0.1) is 10.5 Å². The van der Waals surface area contributed by atoms with Crippen LogP contribution in [0.3, 0.4) is 0 Å². The number of carbonyl (C=O) groups is 1. The van der Waals surface area contributed by atoms with Crippen LogP contribution in [-0.2, 0) is 0 Å². The Morgan fingerprint density at radius 2 is 1.73 bits per heavy atom. The van der Waals surface area contributed by atoms with Gasteiger partial charge in [-0.05, 0) is 42.0 Å². The maximum absolute atomic E-state index is 12.5. The lowest BCUT2D eigenvalue weighted by atomic mass is 10.0. The van der Waals surface area contributed by atoms with E-state index in [1.165, 1.54) is 18.2 Å². The number of hydrogen-bond donors (Lipinski definition) is 1. The predicted octanol–water partition coefficient (Wildman–Crippen LogP) is 5.27. The zero-order valence-electron chi connectivity index (χ0n) is 15.3. The second kappa shape index (κ2) is 7.81. The molecule has 0 atom stereocenters. The fourth-order valence-corrected chi connectivity index (χ4v) is 3.18. The molecule has 30 heavy (non-hydrogen) atoms. The third-order valence-electron chi connectivity index (χ3n) is 4.50. The van der Waals surface area contributed by atoms with Gasteiger partial charge in [-0.15, -0.1) is 0 Å². The van der Waals surface area contributed by atoms with Gasteiger partial charge in [-0.1, -0.05) is 41.9 Å². The molecule has 7 nitrogen and oxygen atoms in total. The molecule has 0 unspecified atom stereocenters. The van der Waals surface area contributed by atoms with Crippen LogP contribution in [0.25, 0.3) is 22.1 Å². The maximum atomic E-state index is 12.5. The molecule has 0 saturated carbocycles. The molecule has 1 heterocycles. The van der Waals surface area contributed by atoms with Crippen LogP contribution in [0.15, 0.2) is 82.0 Å². The highest BCUT2D eigenvalue weighted by Gasteiger charge is 2.15. The van der Waals surface area contributed by atoms with E-state index in [9.17, 15) is 19.7 Å². The number of para-hydroxylation sites is 1. The van der Waals surface area contributed by atoms with E-state index in [1.54, 1.807) is 42.5 Å². The number of nitro benzene ring substituents is 1. The smallest absolute Gasteiger partial charge is 0.344 e. The molecule has 0 bridgehead atoms. The first kappa shape index (κ1) is 19.4. The lowest BCUT2D eigenvalue weighted by Crippen LogP contribution is -2.12. The summed E-state index contributed by atoms with van der Waals surface area (Å²) < 4.78 is 5.34. The normalized spacial score (nSPS) is 10.7. The summed E-state index contributed by atoms with van der Waals surface area (Å²) in [5.74, 6) is -0.455. The Bertz CT molecular complexity index is 1350. The summed E-state index contributed by atoms with van der Waals surface area (Å²) in [5.41, 5.74) is 1.28. The molecule has 148 valence electrons. The van der Waals surface area contributed by atoms with Crippen LogP contribution < -0.4 is 10.9 Å². The Labute approximate surface area is 174 Å². The van der Waals surface area contributed by atoms with Crippen LogP contribution in [-0.4, -0.2) is 10.8 Å². The molecule has 0 radical (unpaired) electrons. The van der Waals surface area contributed by atoms with E-state index in [1.807, 2.05) is 12.1 Å². The van der Waals surface area contributed by atoms with Gasteiger partial charge in [-0.2, -0.15) is 0 Å². The summed E-state index contributed by atoms with van der Waals surface area (Å²) >= 11 is 5.78. The molecule has 3 aromatic carbocycles. The van der Waals surface area contributed by atoms with Crippen LogP contribution in [0.4, 0.5) is 11.4 Å². The molecule has 0 fully saturated rings. The van der Waals surface area contributed by atoms with Crippen molar-refractivity contribution in [1.82, 2.24) is 0 Å². The highest BCUT2D eigenvalue weighted by molar-refractivity contribution is 6.32. The van der Waals surface area contributed by atoms with Gasteiger partial charge in [-0.25, -0.2) is 4.79 Å². The highest BCUT2D eigenvalue weighted by Crippen LogP contribution is 2.28. The Kier molecular flexibility index (Phi) is 5.04. The van der Waals surface area contributed by atoms with Crippen molar-refractivity contribution in [2.45, 2.75) is 0 Å². The van der Waals surface area contributed by atoms with E-state index in [0.29, 0.717) is 22.3 Å². The second-order valence-corrected chi connectivity index (χ2v) is 6.85. The maximum Gasteiger partial charge on any atom is 0.344 e. The van der Waals surface area contributed by atoms with E-state index in [0.717, 1.165) is 5.39 Å². The molecule has 4 aromatic rings. The molecule has 1 N–H and O–H groups in total. The van der Waals surface area contributed by atoms with Crippen LogP contribution in [0.5, 0.6) is 0 Å². The molecular formula is C22H13ClN2O5. The summed E-state index contributed by atoms with van der Waals surface area (Å²) in [4.78, 5) is 35.1. The first-order chi connectivity index (χ1) is 14.4. The minimum Gasteiger partial charge on any atom is -0.422 e. The average molecular weight is 421 g/mol. The summed E-state index contributed by atoms with van der Waals surface area (Å²) in [5, 5.41) is 14.4. The molecule has 0 aliphatic heterocycles. The second-order valence-electron chi connectivity index (χ2n) is 6.44. The fraction of sp³-hybridized carbons (Fsp3) is 0. The van der Waals surface area contributed by atoms with Gasteiger partial charge in [0, 0.05) is 22.7 Å². The standard InChI is InChI=1S/C22H13ClN2O5/c23-18-10-9-16(12-19(18)25(28)29)24-21(26)14-7-5-13(6-8-14)17-11-15-3-1-2-4-20(15)30-22(17)27/h1-12H,(H,24,26). The van der Waals surface area contributed by atoms with Crippen LogP contribution in [0, 0.1) is 10.1 Å². The zero-order chi connectivity index (χ0) is 21.3. The van der Waals surface area contributed by atoms with Crippen molar-refractivity contribution in [3.8, 4) is 11.1 Å². The number of nitro groups is 1. The largest absolute Gasteiger partial charge is 0.422 e. The molecule has 1 amide bonds. The van der Waals surface area contributed by atoms with Gasteiger partial charge in [0.2, 0.25) is 0 Å². The van der Waals surface area contributed by atoms with Crippen LogP contribution in [0.2, 0.25) is 5.02 Å². The Morgan fingerprint density at radius 1 is 1.00 bits per heavy atom. The van der Waals surface area contributed by atoms with Crippen molar-refractivity contribution < 1.29 is 14.1 Å². The number of hydrogen-bond acceptors (Lipinski definition) is 5. The molecule has 8 heteroatoms. The number of anilines is 1. The lowest BCUT2D eigenvalue weighted by molar-refractivity contribution is -0.384. The Hall–Kier alpha value is -3.97. The summed E-state index contributed by atoms with van der Waals surface area (Å²) in [6.07, 6.45) is 0. The number of nitrogens with one attached hydrogen (secondary N) is 1. The van der Waals surface area contributed by atoms with Gasteiger partial charge in [-0.3, -0.25) is 14.9 Å². The molecule has 1 aromatic heterocycles. The number of amides is 1. The quantitative estimate of drug-likeness (QED) is 0.275. The lowest BCUT2D eigenvalue weighted by Gasteiger charge is -2.07. The fourth-order valence-electron chi connectivity index (χ4n) is 3.00. The van der Waals surface area contributed by atoms with Gasteiger partial charge >= 0.3 is 5.63 Å². The van der Waals surface area contributed by atoms with Gasteiger partial charge in [0.25, 0.3) is 11.6 Å². The average Bonchev–Trinajstić information content (AvgIpc) is 2.74. The van der Waals surface area contributed by atoms with Crippen molar-refractivity contribution in [1.29, 1.82) is 0 Å². The topological polar surface area (TPSA) is 102 Å². The van der Waals surface area contributed by atoms with E-state index >= 15 is 0 Å². The molecule has 0 aliphatic rings. The third kappa shape index (κ3) is 3.78. The first-order valence-electron chi connectivity index (χ1n) is 8.81. The third-order valence-corrected chi connectivity index (χ3v) is 4.82.